The highest BCUT2D eigenvalue weighted by Gasteiger charge is 2.35. The van der Waals surface area contributed by atoms with Gasteiger partial charge in [0.2, 0.25) is 0 Å². The Balaban J connectivity index is 3.15. The first kappa shape index (κ1) is 15.5. The van der Waals surface area contributed by atoms with Gasteiger partial charge in [0, 0.05) is 24.1 Å². The quantitative estimate of drug-likeness (QED) is 0.478. The molecule has 1 aromatic rings. The van der Waals surface area contributed by atoms with Gasteiger partial charge in [0.05, 0.1) is 0 Å². The number of hydrogen-bond donors (Lipinski definition) is 0. The maximum atomic E-state index is 3.74. The van der Waals surface area contributed by atoms with Gasteiger partial charge in [-0.2, -0.15) is 0 Å². The zero-order chi connectivity index (χ0) is 13.1. The monoisotopic (exact) mass is 376 g/mol. The van der Waals surface area contributed by atoms with E-state index in [0.29, 0.717) is 0 Å². The van der Waals surface area contributed by atoms with Gasteiger partial charge in [0.25, 0.3) is 0 Å². The fraction of sp³-hybridized carbons (Fsp3) is 0.571. The van der Waals surface area contributed by atoms with E-state index in [1.165, 1.54) is 17.2 Å². The Bertz CT molecular complexity index is 365. The summed E-state index contributed by atoms with van der Waals surface area (Å²) in [4.78, 5) is 0. The van der Waals surface area contributed by atoms with E-state index < -0.39 is 8.07 Å². The van der Waals surface area contributed by atoms with Crippen LogP contribution < -0.4 is 0 Å². The molecule has 1 rings (SSSR count). The molecule has 0 nitrogen and oxygen atoms in total. The van der Waals surface area contributed by atoms with Crippen molar-refractivity contribution in [3.05, 3.63) is 35.4 Å². The van der Waals surface area contributed by atoms with Crippen LogP contribution in [0.25, 0.3) is 0 Å². The van der Waals surface area contributed by atoms with Crippen LogP contribution >= 0.6 is 31.9 Å². The summed E-state index contributed by atoms with van der Waals surface area (Å²) in [5.74, 6) is 0. The van der Waals surface area contributed by atoms with E-state index >= 15 is 0 Å². The van der Waals surface area contributed by atoms with Gasteiger partial charge in [-0.25, -0.2) is 0 Å². The van der Waals surface area contributed by atoms with Crippen molar-refractivity contribution in [2.75, 3.05) is 10.7 Å². The predicted octanol–water partition coefficient (Wildman–Crippen LogP) is 5.36. The summed E-state index contributed by atoms with van der Waals surface area (Å²) in [6.45, 7) is 9.51. The topological polar surface area (TPSA) is 0 Å². The van der Waals surface area contributed by atoms with Crippen LogP contribution in [0.5, 0.6) is 0 Å². The van der Waals surface area contributed by atoms with E-state index in [-0.39, 0.29) is 5.41 Å². The number of benzene rings is 1. The van der Waals surface area contributed by atoms with Crippen molar-refractivity contribution in [3.63, 3.8) is 0 Å². The van der Waals surface area contributed by atoms with E-state index in [1.54, 1.807) is 0 Å². The molecule has 0 unspecified atom stereocenters. The number of rotatable bonds is 5. The van der Waals surface area contributed by atoms with Gasteiger partial charge in [-0.15, -0.1) is 0 Å². The Labute approximate surface area is 123 Å². The molecule has 3 heteroatoms. The van der Waals surface area contributed by atoms with Crippen molar-refractivity contribution < 1.29 is 0 Å². The number of hydrogen-bond acceptors (Lipinski definition) is 0. The van der Waals surface area contributed by atoms with Crippen LogP contribution in [0.2, 0.25) is 25.7 Å². The van der Waals surface area contributed by atoms with E-state index in [2.05, 4.69) is 82.7 Å². The lowest BCUT2D eigenvalue weighted by molar-refractivity contribution is 0.611. The van der Waals surface area contributed by atoms with Crippen molar-refractivity contribution in [3.8, 4) is 0 Å². The Kier molecular flexibility index (Phi) is 5.48. The molecule has 0 aliphatic carbocycles. The molecule has 0 bridgehead atoms. The highest BCUT2D eigenvalue weighted by Crippen LogP contribution is 2.37. The molecule has 0 saturated carbocycles. The van der Waals surface area contributed by atoms with E-state index in [0.717, 1.165) is 10.7 Å². The number of aryl methyl sites for hydroxylation is 1. The normalized spacial score (nSPS) is 12.8. The van der Waals surface area contributed by atoms with Crippen LogP contribution in [0.4, 0.5) is 0 Å². The lowest BCUT2D eigenvalue weighted by Gasteiger charge is -2.36. The molecule has 0 saturated heterocycles. The number of halogens is 2. The third-order valence-corrected chi connectivity index (χ3v) is 6.89. The minimum Gasteiger partial charge on any atom is -0.0918 e. The predicted molar refractivity (Wildman–Crippen MR) is 88.6 cm³/mol. The molecule has 96 valence electrons. The standard InChI is InChI=1S/C14H22Br2Si/c1-12-6-5-7-13(8-12)14(9-15,10-16)11-17(2,3)4/h5-8H,9-11H2,1-4H3. The summed E-state index contributed by atoms with van der Waals surface area (Å²) in [6, 6.07) is 10.3. The molecule has 0 atom stereocenters. The van der Waals surface area contributed by atoms with Gasteiger partial charge >= 0.3 is 0 Å². The van der Waals surface area contributed by atoms with Crippen LogP contribution in [-0.4, -0.2) is 18.7 Å². The lowest BCUT2D eigenvalue weighted by atomic mass is 9.86. The van der Waals surface area contributed by atoms with Gasteiger partial charge in [0.15, 0.2) is 0 Å². The van der Waals surface area contributed by atoms with Gasteiger partial charge in [-0.05, 0) is 18.5 Å². The second-order valence-electron chi connectivity index (χ2n) is 6.15. The molecule has 0 fully saturated rings. The lowest BCUT2D eigenvalue weighted by Crippen LogP contribution is -2.39. The summed E-state index contributed by atoms with van der Waals surface area (Å²) in [6.07, 6.45) is 0. The SMILES string of the molecule is Cc1cccc(C(CBr)(CBr)C[Si](C)(C)C)c1. The van der Waals surface area contributed by atoms with Crippen LogP contribution in [0.1, 0.15) is 11.1 Å². The zero-order valence-electron chi connectivity index (χ0n) is 11.2. The first-order valence-electron chi connectivity index (χ1n) is 6.02. The molecular weight excluding hydrogens is 356 g/mol. The molecule has 0 aromatic heterocycles. The average molecular weight is 378 g/mol. The smallest absolute Gasteiger partial charge is 0.0452 e. The highest BCUT2D eigenvalue weighted by molar-refractivity contribution is 9.09. The third-order valence-electron chi connectivity index (χ3n) is 3.01. The fourth-order valence-corrected chi connectivity index (χ4v) is 7.57. The van der Waals surface area contributed by atoms with Crippen LogP contribution in [0.15, 0.2) is 24.3 Å². The maximum absolute atomic E-state index is 3.74. The fourth-order valence-electron chi connectivity index (χ4n) is 2.38. The largest absolute Gasteiger partial charge is 0.0918 e. The molecule has 0 aliphatic heterocycles. The summed E-state index contributed by atoms with van der Waals surface area (Å²) >= 11 is 7.48. The summed E-state index contributed by atoms with van der Waals surface area (Å²) in [5, 5.41) is 2.05. The van der Waals surface area contributed by atoms with Crippen molar-refractivity contribution in [2.24, 2.45) is 0 Å². The number of alkyl halides is 2. The Morgan fingerprint density at radius 3 is 2.12 bits per heavy atom. The average Bonchev–Trinajstić information content (AvgIpc) is 2.25. The van der Waals surface area contributed by atoms with Gasteiger partial charge < -0.3 is 0 Å². The van der Waals surface area contributed by atoms with Crippen LogP contribution in [0.3, 0.4) is 0 Å². The second kappa shape index (κ2) is 6.03. The van der Waals surface area contributed by atoms with Crippen molar-refractivity contribution in [1.29, 1.82) is 0 Å². The van der Waals surface area contributed by atoms with Crippen molar-refractivity contribution in [1.82, 2.24) is 0 Å². The molecule has 0 amide bonds. The third kappa shape index (κ3) is 4.21. The molecular formula is C14H22Br2Si. The minimum atomic E-state index is -1.09. The van der Waals surface area contributed by atoms with E-state index in [9.17, 15) is 0 Å². The molecule has 0 aliphatic rings. The summed E-state index contributed by atoms with van der Waals surface area (Å²) < 4.78 is 0. The summed E-state index contributed by atoms with van der Waals surface area (Å²) in [7, 11) is -1.09. The minimum absolute atomic E-state index is 0.247. The second-order valence-corrected chi connectivity index (χ2v) is 12.8. The summed E-state index contributed by atoms with van der Waals surface area (Å²) in [5.41, 5.74) is 3.06. The molecule has 0 N–H and O–H groups in total. The molecule has 1 aromatic carbocycles. The van der Waals surface area contributed by atoms with Crippen LogP contribution in [-0.2, 0) is 5.41 Å². The Hall–Kier alpha value is 0.397. The van der Waals surface area contributed by atoms with Crippen molar-refractivity contribution in [2.45, 2.75) is 38.0 Å². The molecule has 0 spiro atoms. The zero-order valence-corrected chi connectivity index (χ0v) is 15.4. The van der Waals surface area contributed by atoms with Gasteiger partial charge in [0.1, 0.15) is 0 Å². The first-order valence-corrected chi connectivity index (χ1v) is 12.0. The van der Waals surface area contributed by atoms with Gasteiger partial charge in [-0.1, -0.05) is 81.3 Å². The van der Waals surface area contributed by atoms with Crippen molar-refractivity contribution >= 4 is 39.9 Å². The maximum Gasteiger partial charge on any atom is 0.0452 e. The van der Waals surface area contributed by atoms with Gasteiger partial charge in [-0.3, -0.25) is 0 Å². The van der Waals surface area contributed by atoms with E-state index in [4.69, 9.17) is 0 Å². The Morgan fingerprint density at radius 1 is 1.12 bits per heavy atom. The van der Waals surface area contributed by atoms with E-state index in [1.807, 2.05) is 0 Å². The molecule has 0 heterocycles. The Morgan fingerprint density at radius 2 is 1.71 bits per heavy atom. The molecule has 17 heavy (non-hydrogen) atoms. The first-order chi connectivity index (χ1) is 7.83. The highest BCUT2D eigenvalue weighted by atomic mass is 79.9. The molecule has 0 radical (unpaired) electrons. The van der Waals surface area contributed by atoms with Crippen LogP contribution in [0, 0.1) is 6.92 Å².